The molecule has 0 aromatic heterocycles. The Morgan fingerprint density at radius 1 is 1.35 bits per heavy atom. The Hall–Kier alpha value is -1.75. The van der Waals surface area contributed by atoms with Crippen LogP contribution in [0.4, 0.5) is 0 Å². The highest BCUT2D eigenvalue weighted by Gasteiger charge is 2.18. The average molecular weight is 318 g/mol. The molecule has 1 fully saturated rings. The Bertz CT molecular complexity index is 509. The lowest BCUT2D eigenvalue weighted by Gasteiger charge is -2.26. The molecule has 0 aliphatic carbocycles. The second-order valence-corrected chi connectivity index (χ2v) is 6.14. The molecule has 1 aromatic rings. The van der Waals surface area contributed by atoms with Gasteiger partial charge in [-0.3, -0.25) is 4.99 Å². The second kappa shape index (κ2) is 8.77. The topological polar surface area (TPSA) is 40.1 Å². The molecule has 0 radical (unpaired) electrons. The highest BCUT2D eigenvalue weighted by Crippen LogP contribution is 2.23. The van der Waals surface area contributed by atoms with Crippen LogP contribution in [0, 0.1) is 0 Å². The first kappa shape index (κ1) is 17.6. The fraction of sp³-hybridized carbons (Fsp3) is 0.611. The van der Waals surface area contributed by atoms with E-state index in [1.165, 1.54) is 18.4 Å². The van der Waals surface area contributed by atoms with Crippen molar-refractivity contribution in [2.45, 2.75) is 25.8 Å². The molecule has 0 spiro atoms. The predicted molar refractivity (Wildman–Crippen MR) is 96.2 cm³/mol. The first-order valence-electron chi connectivity index (χ1n) is 8.49. The maximum atomic E-state index is 5.36. The maximum absolute atomic E-state index is 5.36. The number of likely N-dealkylation sites (tertiary alicyclic amines) is 1. The van der Waals surface area contributed by atoms with Gasteiger partial charge in [0.05, 0.1) is 19.7 Å². The van der Waals surface area contributed by atoms with Crippen LogP contribution in [0.5, 0.6) is 5.75 Å². The van der Waals surface area contributed by atoms with Crippen LogP contribution in [0.15, 0.2) is 29.3 Å². The van der Waals surface area contributed by atoms with Crippen molar-refractivity contribution >= 4 is 5.96 Å². The Labute approximate surface area is 140 Å². The molecular weight excluding hydrogens is 288 g/mol. The van der Waals surface area contributed by atoms with Gasteiger partial charge in [0.15, 0.2) is 5.96 Å². The molecule has 1 heterocycles. The van der Waals surface area contributed by atoms with E-state index in [1.54, 1.807) is 7.11 Å². The van der Waals surface area contributed by atoms with Gasteiger partial charge in [-0.05, 0) is 51.6 Å². The van der Waals surface area contributed by atoms with Crippen molar-refractivity contribution in [1.29, 1.82) is 0 Å². The molecule has 128 valence electrons. The van der Waals surface area contributed by atoms with E-state index < -0.39 is 0 Å². The summed E-state index contributed by atoms with van der Waals surface area (Å²) in [5, 5.41) is 3.43. The SMILES string of the molecule is CCNC(=NCC(c1cccc(OC)c1)N(C)C)N1CCCC1. The minimum Gasteiger partial charge on any atom is -0.497 e. The maximum Gasteiger partial charge on any atom is 0.193 e. The van der Waals surface area contributed by atoms with E-state index >= 15 is 0 Å². The van der Waals surface area contributed by atoms with Crippen molar-refractivity contribution < 1.29 is 4.74 Å². The summed E-state index contributed by atoms with van der Waals surface area (Å²) in [5.41, 5.74) is 1.23. The zero-order valence-electron chi connectivity index (χ0n) is 14.9. The number of benzene rings is 1. The van der Waals surface area contributed by atoms with Gasteiger partial charge in [-0.25, -0.2) is 0 Å². The standard InChI is InChI=1S/C18H30N4O/c1-5-19-18(22-11-6-7-12-22)20-14-17(21(2)3)15-9-8-10-16(13-15)23-4/h8-10,13,17H,5-7,11-12,14H2,1-4H3,(H,19,20). The molecule has 1 aliphatic heterocycles. The summed E-state index contributed by atoms with van der Waals surface area (Å²) in [7, 11) is 5.91. The number of methoxy groups -OCH3 is 1. The van der Waals surface area contributed by atoms with Crippen LogP contribution in [0.2, 0.25) is 0 Å². The van der Waals surface area contributed by atoms with Crippen LogP contribution in [0.1, 0.15) is 31.4 Å². The van der Waals surface area contributed by atoms with Crippen LogP contribution in [-0.2, 0) is 0 Å². The lowest BCUT2D eigenvalue weighted by molar-refractivity contribution is 0.304. The van der Waals surface area contributed by atoms with Crippen molar-refractivity contribution in [2.24, 2.45) is 4.99 Å². The van der Waals surface area contributed by atoms with Crippen LogP contribution >= 0.6 is 0 Å². The van der Waals surface area contributed by atoms with Crippen molar-refractivity contribution in [3.05, 3.63) is 29.8 Å². The van der Waals surface area contributed by atoms with Gasteiger partial charge in [0.25, 0.3) is 0 Å². The summed E-state index contributed by atoms with van der Waals surface area (Å²) in [6.45, 7) is 5.98. The number of nitrogens with zero attached hydrogens (tertiary/aromatic N) is 3. The normalized spacial score (nSPS) is 16.7. The van der Waals surface area contributed by atoms with Crippen molar-refractivity contribution in [1.82, 2.24) is 15.1 Å². The van der Waals surface area contributed by atoms with Crippen molar-refractivity contribution in [3.63, 3.8) is 0 Å². The van der Waals surface area contributed by atoms with Gasteiger partial charge in [-0.2, -0.15) is 0 Å². The van der Waals surface area contributed by atoms with Gasteiger partial charge in [0, 0.05) is 19.6 Å². The molecule has 1 N–H and O–H groups in total. The highest BCUT2D eigenvalue weighted by molar-refractivity contribution is 5.80. The van der Waals surface area contributed by atoms with Gasteiger partial charge >= 0.3 is 0 Å². The number of aliphatic imine (C=N–C) groups is 1. The minimum atomic E-state index is 0.237. The van der Waals surface area contributed by atoms with Gasteiger partial charge in [-0.15, -0.1) is 0 Å². The van der Waals surface area contributed by atoms with Gasteiger partial charge < -0.3 is 19.9 Å². The van der Waals surface area contributed by atoms with Crippen LogP contribution in [-0.4, -0.2) is 63.1 Å². The van der Waals surface area contributed by atoms with Gasteiger partial charge in [-0.1, -0.05) is 12.1 Å². The Balaban J connectivity index is 2.15. The molecule has 0 bridgehead atoms. The van der Waals surface area contributed by atoms with Crippen LogP contribution < -0.4 is 10.1 Å². The third kappa shape index (κ3) is 4.86. The molecule has 1 saturated heterocycles. The predicted octanol–water partition coefficient (Wildman–Crippen LogP) is 2.36. The Kier molecular flexibility index (Phi) is 6.71. The molecule has 1 atom stereocenters. The number of nitrogens with one attached hydrogen (secondary N) is 1. The lowest BCUT2D eigenvalue weighted by Crippen LogP contribution is -2.40. The highest BCUT2D eigenvalue weighted by atomic mass is 16.5. The number of hydrogen-bond donors (Lipinski definition) is 1. The molecular formula is C18H30N4O. The van der Waals surface area contributed by atoms with Crippen molar-refractivity contribution in [3.8, 4) is 5.75 Å². The van der Waals surface area contributed by atoms with E-state index in [2.05, 4.69) is 48.3 Å². The van der Waals surface area contributed by atoms with Gasteiger partial charge in [0.2, 0.25) is 0 Å². The third-order valence-corrected chi connectivity index (χ3v) is 4.26. The van der Waals surface area contributed by atoms with E-state index in [9.17, 15) is 0 Å². The van der Waals surface area contributed by atoms with Crippen molar-refractivity contribution in [2.75, 3.05) is 47.4 Å². The Morgan fingerprint density at radius 2 is 2.09 bits per heavy atom. The average Bonchev–Trinajstić information content (AvgIpc) is 3.08. The zero-order valence-corrected chi connectivity index (χ0v) is 14.9. The quantitative estimate of drug-likeness (QED) is 0.646. The number of rotatable bonds is 6. The first-order valence-corrected chi connectivity index (χ1v) is 8.49. The summed E-state index contributed by atoms with van der Waals surface area (Å²) in [5.74, 6) is 1.93. The number of hydrogen-bond acceptors (Lipinski definition) is 3. The Morgan fingerprint density at radius 3 is 2.70 bits per heavy atom. The second-order valence-electron chi connectivity index (χ2n) is 6.14. The number of ether oxygens (including phenoxy) is 1. The molecule has 2 rings (SSSR count). The molecule has 1 unspecified atom stereocenters. The zero-order chi connectivity index (χ0) is 16.7. The monoisotopic (exact) mass is 318 g/mol. The largest absolute Gasteiger partial charge is 0.497 e. The minimum absolute atomic E-state index is 0.237. The smallest absolute Gasteiger partial charge is 0.193 e. The molecule has 0 saturated carbocycles. The molecule has 0 amide bonds. The summed E-state index contributed by atoms with van der Waals surface area (Å²) < 4.78 is 5.36. The van der Waals surface area contributed by atoms with E-state index in [0.717, 1.165) is 37.9 Å². The first-order chi connectivity index (χ1) is 11.2. The molecule has 5 heteroatoms. The molecule has 1 aliphatic rings. The summed E-state index contributed by atoms with van der Waals surface area (Å²) >= 11 is 0. The third-order valence-electron chi connectivity index (χ3n) is 4.26. The van der Waals surface area contributed by atoms with E-state index in [-0.39, 0.29) is 6.04 Å². The molecule has 5 nitrogen and oxygen atoms in total. The fourth-order valence-corrected chi connectivity index (χ4v) is 2.94. The number of likely N-dealkylation sites (N-methyl/N-ethyl adjacent to an activating group) is 1. The summed E-state index contributed by atoms with van der Waals surface area (Å²) in [6.07, 6.45) is 2.52. The number of guanidine groups is 1. The molecule has 23 heavy (non-hydrogen) atoms. The van der Waals surface area contributed by atoms with Gasteiger partial charge in [0.1, 0.15) is 5.75 Å². The van der Waals surface area contributed by atoms with E-state index in [1.807, 2.05) is 12.1 Å². The fourth-order valence-electron chi connectivity index (χ4n) is 2.94. The lowest BCUT2D eigenvalue weighted by atomic mass is 10.1. The van der Waals surface area contributed by atoms with E-state index in [4.69, 9.17) is 9.73 Å². The summed E-state index contributed by atoms with van der Waals surface area (Å²) in [6, 6.07) is 8.50. The van der Waals surface area contributed by atoms with E-state index in [0.29, 0.717) is 0 Å². The van der Waals surface area contributed by atoms with Crippen LogP contribution in [0.25, 0.3) is 0 Å². The van der Waals surface area contributed by atoms with Crippen LogP contribution in [0.3, 0.4) is 0 Å². The summed E-state index contributed by atoms with van der Waals surface area (Å²) in [4.78, 5) is 9.47. The molecule has 1 aromatic carbocycles.